The Kier molecular flexibility index (Phi) is 7.76. The third-order valence-corrected chi connectivity index (χ3v) is 4.73. The van der Waals surface area contributed by atoms with Crippen molar-refractivity contribution in [2.24, 2.45) is 5.92 Å². The number of carbonyl (C=O) groups excluding carboxylic acids is 1. The first kappa shape index (κ1) is 18.8. The highest BCUT2D eigenvalue weighted by Gasteiger charge is 2.22. The lowest BCUT2D eigenvalue weighted by molar-refractivity contribution is 0.0600. The zero-order valence-electron chi connectivity index (χ0n) is 13.8. The molecule has 0 saturated carbocycles. The van der Waals surface area contributed by atoms with Crippen LogP contribution in [0.1, 0.15) is 67.4 Å². The first-order valence-corrected chi connectivity index (χ1v) is 9.00. The van der Waals surface area contributed by atoms with E-state index in [1.54, 1.807) is 12.1 Å². The topological polar surface area (TPSA) is 63.6 Å². The minimum Gasteiger partial charge on any atom is -0.465 e. The van der Waals surface area contributed by atoms with Gasteiger partial charge in [0.15, 0.2) is 11.1 Å². The van der Waals surface area contributed by atoms with Crippen LogP contribution in [0.2, 0.25) is 0 Å². The van der Waals surface area contributed by atoms with E-state index in [9.17, 15) is 13.6 Å². The SMILES string of the molecule is CCCC(c1ccc(C(=O)OC)cc1CS(=O)O)C(C)CC. The van der Waals surface area contributed by atoms with Gasteiger partial charge in [0.05, 0.1) is 18.4 Å². The molecule has 0 heterocycles. The number of rotatable bonds is 8. The van der Waals surface area contributed by atoms with Crippen LogP contribution in [-0.4, -0.2) is 21.8 Å². The van der Waals surface area contributed by atoms with Crippen LogP contribution < -0.4 is 0 Å². The minimum atomic E-state index is -1.94. The first-order valence-electron chi connectivity index (χ1n) is 7.73. The molecular weight excluding hydrogens is 300 g/mol. The molecule has 0 saturated heterocycles. The number of hydrogen-bond donors (Lipinski definition) is 1. The molecule has 22 heavy (non-hydrogen) atoms. The molecule has 0 fully saturated rings. The summed E-state index contributed by atoms with van der Waals surface area (Å²) in [5.41, 5.74) is 2.26. The van der Waals surface area contributed by atoms with Gasteiger partial charge in [-0.05, 0) is 41.5 Å². The molecular formula is C17H26O4S. The summed E-state index contributed by atoms with van der Waals surface area (Å²) < 4.78 is 25.3. The molecule has 4 nitrogen and oxygen atoms in total. The van der Waals surface area contributed by atoms with Crippen LogP contribution in [0.3, 0.4) is 0 Å². The standard InChI is InChI=1S/C17H26O4S/c1-5-7-15(12(3)6-2)16-9-8-13(17(18)21-4)10-14(16)11-22(19)20/h8-10,12,15H,5-7,11H2,1-4H3,(H,19,20). The van der Waals surface area contributed by atoms with E-state index in [0.29, 0.717) is 17.4 Å². The maximum absolute atomic E-state index is 11.7. The van der Waals surface area contributed by atoms with Crippen molar-refractivity contribution in [3.63, 3.8) is 0 Å². The summed E-state index contributed by atoms with van der Waals surface area (Å²) in [5, 5.41) is 0. The number of ether oxygens (including phenoxy) is 1. The molecule has 0 spiro atoms. The number of hydrogen-bond acceptors (Lipinski definition) is 3. The lowest BCUT2D eigenvalue weighted by Gasteiger charge is -2.25. The third kappa shape index (κ3) is 4.92. The summed E-state index contributed by atoms with van der Waals surface area (Å²) in [5.74, 6) is 0.429. The fourth-order valence-electron chi connectivity index (χ4n) is 2.81. The largest absolute Gasteiger partial charge is 0.465 e. The Morgan fingerprint density at radius 1 is 1.36 bits per heavy atom. The molecule has 0 amide bonds. The van der Waals surface area contributed by atoms with Gasteiger partial charge in [0, 0.05) is 0 Å². The Morgan fingerprint density at radius 2 is 2.05 bits per heavy atom. The third-order valence-electron chi connectivity index (χ3n) is 4.17. The van der Waals surface area contributed by atoms with E-state index < -0.39 is 17.0 Å². The molecule has 0 aliphatic carbocycles. The number of benzene rings is 1. The first-order chi connectivity index (χ1) is 10.4. The van der Waals surface area contributed by atoms with Crippen molar-refractivity contribution in [3.8, 4) is 0 Å². The minimum absolute atomic E-state index is 0.0385. The lowest BCUT2D eigenvalue weighted by Crippen LogP contribution is -2.14. The molecule has 1 aromatic rings. The van der Waals surface area contributed by atoms with Gasteiger partial charge in [0.25, 0.3) is 0 Å². The fourth-order valence-corrected chi connectivity index (χ4v) is 3.33. The Morgan fingerprint density at radius 3 is 2.55 bits per heavy atom. The summed E-state index contributed by atoms with van der Waals surface area (Å²) in [6, 6.07) is 5.36. The van der Waals surface area contributed by atoms with Gasteiger partial charge < -0.3 is 9.29 Å². The second kappa shape index (κ2) is 9.06. The van der Waals surface area contributed by atoms with Crippen LogP contribution in [0.5, 0.6) is 0 Å². The highest BCUT2D eigenvalue weighted by Crippen LogP contribution is 2.34. The predicted octanol–water partition coefficient (Wildman–Crippen LogP) is 4.12. The van der Waals surface area contributed by atoms with Crippen LogP contribution in [0.25, 0.3) is 0 Å². The number of carbonyl (C=O) groups is 1. The monoisotopic (exact) mass is 326 g/mol. The van der Waals surface area contributed by atoms with E-state index in [0.717, 1.165) is 30.4 Å². The molecule has 0 aliphatic rings. The van der Waals surface area contributed by atoms with E-state index in [2.05, 4.69) is 20.8 Å². The second-order valence-corrected chi connectivity index (χ2v) is 6.58. The van der Waals surface area contributed by atoms with E-state index >= 15 is 0 Å². The van der Waals surface area contributed by atoms with Gasteiger partial charge in [-0.2, -0.15) is 0 Å². The van der Waals surface area contributed by atoms with Crippen LogP contribution in [0.15, 0.2) is 18.2 Å². The zero-order chi connectivity index (χ0) is 16.7. The molecule has 1 N–H and O–H groups in total. The van der Waals surface area contributed by atoms with Crippen molar-refractivity contribution in [1.29, 1.82) is 0 Å². The predicted molar refractivity (Wildman–Crippen MR) is 89.4 cm³/mol. The molecule has 0 aliphatic heterocycles. The van der Waals surface area contributed by atoms with E-state index in [-0.39, 0.29) is 5.75 Å². The summed E-state index contributed by atoms with van der Waals surface area (Å²) in [6.07, 6.45) is 3.12. The maximum atomic E-state index is 11.7. The highest BCUT2D eigenvalue weighted by atomic mass is 32.2. The molecule has 0 radical (unpaired) electrons. The quantitative estimate of drug-likeness (QED) is 0.576. The maximum Gasteiger partial charge on any atom is 0.337 e. The van der Waals surface area contributed by atoms with Crippen LogP contribution in [0.4, 0.5) is 0 Å². The molecule has 0 aromatic heterocycles. The van der Waals surface area contributed by atoms with Crippen molar-refractivity contribution in [1.82, 2.24) is 0 Å². The number of methoxy groups -OCH3 is 1. The summed E-state index contributed by atoms with van der Waals surface area (Å²) in [6.45, 7) is 6.50. The van der Waals surface area contributed by atoms with Gasteiger partial charge in [0.2, 0.25) is 0 Å². The van der Waals surface area contributed by atoms with Crippen LogP contribution >= 0.6 is 0 Å². The summed E-state index contributed by atoms with van der Waals surface area (Å²) >= 11 is -1.94. The molecule has 3 unspecified atom stereocenters. The molecule has 1 rings (SSSR count). The van der Waals surface area contributed by atoms with Gasteiger partial charge in [0.1, 0.15) is 0 Å². The van der Waals surface area contributed by atoms with E-state index in [1.807, 2.05) is 6.07 Å². The summed E-state index contributed by atoms with van der Waals surface area (Å²) in [4.78, 5) is 11.7. The molecule has 3 atom stereocenters. The van der Waals surface area contributed by atoms with Crippen LogP contribution in [0, 0.1) is 5.92 Å². The number of esters is 1. The van der Waals surface area contributed by atoms with Gasteiger partial charge in [-0.15, -0.1) is 0 Å². The second-order valence-electron chi connectivity index (χ2n) is 5.65. The van der Waals surface area contributed by atoms with E-state index in [1.165, 1.54) is 7.11 Å². The Bertz CT molecular complexity index is 527. The van der Waals surface area contributed by atoms with Crippen molar-refractivity contribution in [2.75, 3.05) is 7.11 Å². The van der Waals surface area contributed by atoms with Gasteiger partial charge in [-0.25, -0.2) is 9.00 Å². The molecule has 1 aromatic carbocycles. The van der Waals surface area contributed by atoms with Crippen molar-refractivity contribution in [3.05, 3.63) is 34.9 Å². The zero-order valence-corrected chi connectivity index (χ0v) is 14.6. The Hall–Kier alpha value is -1.20. The fraction of sp³-hybridized carbons (Fsp3) is 0.588. The smallest absolute Gasteiger partial charge is 0.337 e. The van der Waals surface area contributed by atoms with E-state index in [4.69, 9.17) is 4.74 Å². The Labute approximate surface area is 135 Å². The Balaban J connectivity index is 3.30. The molecule has 124 valence electrons. The normalized spacial score (nSPS) is 15.1. The van der Waals surface area contributed by atoms with Crippen LogP contribution in [-0.2, 0) is 21.6 Å². The molecule has 5 heteroatoms. The van der Waals surface area contributed by atoms with Gasteiger partial charge in [-0.3, -0.25) is 0 Å². The molecule has 0 bridgehead atoms. The van der Waals surface area contributed by atoms with Crippen molar-refractivity contribution >= 4 is 17.0 Å². The highest BCUT2D eigenvalue weighted by molar-refractivity contribution is 7.78. The van der Waals surface area contributed by atoms with Crippen molar-refractivity contribution in [2.45, 2.75) is 51.7 Å². The summed E-state index contributed by atoms with van der Waals surface area (Å²) in [7, 11) is 1.33. The van der Waals surface area contributed by atoms with Gasteiger partial charge in [-0.1, -0.05) is 39.7 Å². The lowest BCUT2D eigenvalue weighted by atomic mass is 9.80. The average molecular weight is 326 g/mol. The van der Waals surface area contributed by atoms with Crippen molar-refractivity contribution < 1.29 is 18.3 Å². The average Bonchev–Trinajstić information content (AvgIpc) is 2.50. The van der Waals surface area contributed by atoms with Gasteiger partial charge >= 0.3 is 5.97 Å².